The summed E-state index contributed by atoms with van der Waals surface area (Å²) in [7, 11) is 0. The van der Waals surface area contributed by atoms with Crippen LogP contribution in [0.15, 0.2) is 17.1 Å². The molecule has 0 N–H and O–H groups in total. The van der Waals surface area contributed by atoms with Crippen molar-refractivity contribution in [2.24, 2.45) is 5.41 Å². The van der Waals surface area contributed by atoms with Crippen molar-refractivity contribution in [1.29, 1.82) is 0 Å². The standard InChI is InChI=1S/C13H20O/c1-6-12-11(8-10(3)14-12)9-13(4,5)7-2/h6,8H,1,7,9H2,2-5H3. The van der Waals surface area contributed by atoms with Crippen LogP contribution >= 0.6 is 0 Å². The first-order valence-corrected chi connectivity index (χ1v) is 5.20. The maximum absolute atomic E-state index is 5.54. The Morgan fingerprint density at radius 1 is 1.50 bits per heavy atom. The third kappa shape index (κ3) is 2.50. The van der Waals surface area contributed by atoms with E-state index in [9.17, 15) is 0 Å². The Kier molecular flexibility index (Phi) is 3.20. The number of rotatable bonds is 4. The minimum Gasteiger partial charge on any atom is -0.462 e. The average molecular weight is 192 g/mol. The van der Waals surface area contributed by atoms with E-state index in [0.717, 1.165) is 17.9 Å². The van der Waals surface area contributed by atoms with Gasteiger partial charge in [-0.15, -0.1) is 0 Å². The van der Waals surface area contributed by atoms with E-state index in [0.29, 0.717) is 5.41 Å². The summed E-state index contributed by atoms with van der Waals surface area (Å²) in [5.74, 6) is 1.91. The van der Waals surface area contributed by atoms with Gasteiger partial charge in [-0.3, -0.25) is 0 Å². The Morgan fingerprint density at radius 2 is 2.14 bits per heavy atom. The summed E-state index contributed by atoms with van der Waals surface area (Å²) in [6.45, 7) is 12.5. The molecule has 78 valence electrons. The van der Waals surface area contributed by atoms with E-state index in [1.54, 1.807) is 6.08 Å². The molecule has 0 bridgehead atoms. The maximum Gasteiger partial charge on any atom is 0.129 e. The summed E-state index contributed by atoms with van der Waals surface area (Å²) in [6, 6.07) is 2.12. The molecule has 1 aromatic heterocycles. The van der Waals surface area contributed by atoms with Gasteiger partial charge < -0.3 is 4.42 Å². The molecule has 0 amide bonds. The molecule has 0 unspecified atom stereocenters. The fourth-order valence-corrected chi connectivity index (χ4v) is 1.54. The Labute approximate surface area is 86.8 Å². The van der Waals surface area contributed by atoms with Gasteiger partial charge in [-0.05, 0) is 36.5 Å². The fraction of sp³-hybridized carbons (Fsp3) is 0.538. The number of hydrogen-bond donors (Lipinski definition) is 0. The van der Waals surface area contributed by atoms with Gasteiger partial charge in [-0.2, -0.15) is 0 Å². The molecule has 0 aliphatic rings. The lowest BCUT2D eigenvalue weighted by molar-refractivity contribution is 0.347. The Morgan fingerprint density at radius 3 is 2.64 bits per heavy atom. The quantitative estimate of drug-likeness (QED) is 0.696. The van der Waals surface area contributed by atoms with Gasteiger partial charge in [0.05, 0.1) is 0 Å². The minimum absolute atomic E-state index is 0.341. The van der Waals surface area contributed by atoms with E-state index in [-0.39, 0.29) is 0 Å². The lowest BCUT2D eigenvalue weighted by Gasteiger charge is -2.21. The maximum atomic E-state index is 5.54. The van der Waals surface area contributed by atoms with Gasteiger partial charge >= 0.3 is 0 Å². The monoisotopic (exact) mass is 192 g/mol. The Balaban J connectivity index is 2.90. The molecule has 0 spiro atoms. The smallest absolute Gasteiger partial charge is 0.129 e. The van der Waals surface area contributed by atoms with Crippen LogP contribution in [0, 0.1) is 12.3 Å². The van der Waals surface area contributed by atoms with Crippen molar-refractivity contribution in [1.82, 2.24) is 0 Å². The van der Waals surface area contributed by atoms with Crippen LogP contribution < -0.4 is 0 Å². The zero-order valence-electron chi connectivity index (χ0n) is 9.68. The van der Waals surface area contributed by atoms with Gasteiger partial charge in [0.25, 0.3) is 0 Å². The molecule has 0 atom stereocenters. The molecule has 0 saturated carbocycles. The highest BCUT2D eigenvalue weighted by molar-refractivity contribution is 5.46. The van der Waals surface area contributed by atoms with E-state index in [4.69, 9.17) is 4.42 Å². The average Bonchev–Trinajstić information content (AvgIpc) is 2.45. The van der Waals surface area contributed by atoms with Crippen molar-refractivity contribution in [2.75, 3.05) is 0 Å². The topological polar surface area (TPSA) is 13.1 Å². The normalized spacial score (nSPS) is 11.7. The van der Waals surface area contributed by atoms with E-state index >= 15 is 0 Å². The largest absolute Gasteiger partial charge is 0.462 e. The van der Waals surface area contributed by atoms with Crippen molar-refractivity contribution in [3.8, 4) is 0 Å². The first-order chi connectivity index (χ1) is 6.48. The van der Waals surface area contributed by atoms with Crippen molar-refractivity contribution in [3.63, 3.8) is 0 Å². The molecule has 0 aliphatic carbocycles. The molecule has 1 aromatic rings. The van der Waals surface area contributed by atoms with E-state index in [2.05, 4.69) is 33.4 Å². The van der Waals surface area contributed by atoms with Gasteiger partial charge in [-0.1, -0.05) is 33.8 Å². The van der Waals surface area contributed by atoms with Crippen molar-refractivity contribution in [3.05, 3.63) is 29.7 Å². The molecule has 1 nitrogen and oxygen atoms in total. The molecule has 0 radical (unpaired) electrons. The summed E-state index contributed by atoms with van der Waals surface area (Å²) >= 11 is 0. The summed E-state index contributed by atoms with van der Waals surface area (Å²) < 4.78 is 5.54. The highest BCUT2D eigenvalue weighted by Crippen LogP contribution is 2.29. The van der Waals surface area contributed by atoms with Crippen LogP contribution in [0.5, 0.6) is 0 Å². The summed E-state index contributed by atoms with van der Waals surface area (Å²) in [6.07, 6.45) is 4.03. The molecule has 0 fully saturated rings. The number of aryl methyl sites for hydroxylation is 1. The van der Waals surface area contributed by atoms with Gasteiger partial charge in [0.1, 0.15) is 11.5 Å². The van der Waals surface area contributed by atoms with E-state index in [1.807, 2.05) is 6.92 Å². The lowest BCUT2D eigenvalue weighted by Crippen LogP contribution is -2.13. The predicted octanol–water partition coefficient (Wildman–Crippen LogP) is 4.21. The van der Waals surface area contributed by atoms with Gasteiger partial charge in [-0.25, -0.2) is 0 Å². The fourth-order valence-electron chi connectivity index (χ4n) is 1.54. The molecule has 1 heteroatoms. The molecule has 14 heavy (non-hydrogen) atoms. The second-order valence-corrected chi connectivity index (χ2v) is 4.65. The SMILES string of the molecule is C=Cc1oc(C)cc1CC(C)(C)CC. The number of furan rings is 1. The van der Waals surface area contributed by atoms with Crippen LogP contribution in [0.25, 0.3) is 6.08 Å². The Bertz CT molecular complexity index is 318. The summed E-state index contributed by atoms with van der Waals surface area (Å²) in [4.78, 5) is 0. The third-order valence-electron chi connectivity index (χ3n) is 2.78. The zero-order valence-corrected chi connectivity index (χ0v) is 9.68. The Hall–Kier alpha value is -0.980. The molecule has 0 aromatic carbocycles. The first kappa shape index (κ1) is 11.1. The molecular weight excluding hydrogens is 172 g/mol. The summed E-state index contributed by atoms with van der Waals surface area (Å²) in [5.41, 5.74) is 1.62. The molecule has 0 saturated heterocycles. The minimum atomic E-state index is 0.341. The van der Waals surface area contributed by atoms with Crippen LogP contribution in [0.3, 0.4) is 0 Å². The summed E-state index contributed by atoms with van der Waals surface area (Å²) in [5, 5.41) is 0. The third-order valence-corrected chi connectivity index (χ3v) is 2.78. The van der Waals surface area contributed by atoms with Crippen LogP contribution in [0.1, 0.15) is 44.3 Å². The van der Waals surface area contributed by atoms with Crippen LogP contribution in [-0.4, -0.2) is 0 Å². The molecular formula is C13H20O. The predicted molar refractivity (Wildman–Crippen MR) is 61.3 cm³/mol. The van der Waals surface area contributed by atoms with E-state index < -0.39 is 0 Å². The van der Waals surface area contributed by atoms with Crippen molar-refractivity contribution in [2.45, 2.75) is 40.5 Å². The second-order valence-electron chi connectivity index (χ2n) is 4.65. The highest BCUT2D eigenvalue weighted by atomic mass is 16.3. The van der Waals surface area contributed by atoms with Gasteiger partial charge in [0.15, 0.2) is 0 Å². The van der Waals surface area contributed by atoms with Crippen LogP contribution in [-0.2, 0) is 6.42 Å². The molecule has 1 rings (SSSR count). The van der Waals surface area contributed by atoms with Gasteiger partial charge in [0, 0.05) is 0 Å². The molecule has 1 heterocycles. The van der Waals surface area contributed by atoms with Crippen LogP contribution in [0.2, 0.25) is 0 Å². The molecule has 0 aliphatic heterocycles. The first-order valence-electron chi connectivity index (χ1n) is 5.20. The van der Waals surface area contributed by atoms with Crippen molar-refractivity contribution >= 4 is 6.08 Å². The zero-order chi connectivity index (χ0) is 10.8. The van der Waals surface area contributed by atoms with E-state index in [1.165, 1.54) is 12.0 Å². The second kappa shape index (κ2) is 4.04. The van der Waals surface area contributed by atoms with Gasteiger partial charge in [0.2, 0.25) is 0 Å². The van der Waals surface area contributed by atoms with Crippen molar-refractivity contribution < 1.29 is 4.42 Å². The lowest BCUT2D eigenvalue weighted by atomic mass is 9.83. The highest BCUT2D eigenvalue weighted by Gasteiger charge is 2.19. The number of hydrogen-bond acceptors (Lipinski definition) is 1. The van der Waals surface area contributed by atoms with Crippen LogP contribution in [0.4, 0.5) is 0 Å².